The Morgan fingerprint density at radius 3 is 2.25 bits per heavy atom. The molecule has 1 aromatic heterocycles. The number of nitrogens with zero attached hydrogens (tertiary/aromatic N) is 2. The highest BCUT2D eigenvalue weighted by Crippen LogP contribution is 2.60. The zero-order valence-corrected chi connectivity index (χ0v) is 14.9. The van der Waals surface area contributed by atoms with Crippen molar-refractivity contribution in [3.05, 3.63) is 53.2 Å². The summed E-state index contributed by atoms with van der Waals surface area (Å²) in [6.07, 6.45) is 1.56. The third-order valence-corrected chi connectivity index (χ3v) is 7.12. The summed E-state index contributed by atoms with van der Waals surface area (Å²) in [5.74, 6) is 0. The molecule has 0 bridgehead atoms. The maximum Gasteiger partial charge on any atom is 0.362 e. The fraction of sp³-hybridized carbons (Fsp3) is 0.154. The van der Waals surface area contributed by atoms with Gasteiger partial charge in [0.1, 0.15) is 0 Å². The lowest BCUT2D eigenvalue weighted by atomic mass is 10.2. The topological polar surface area (TPSA) is 132 Å². The molecular formula is C13H16N2O6P2S. The number of rotatable bonds is 6. The van der Waals surface area contributed by atoms with Gasteiger partial charge in [0.15, 0.2) is 4.80 Å². The second kappa shape index (κ2) is 7.29. The van der Waals surface area contributed by atoms with Gasteiger partial charge in [-0.2, -0.15) is 0 Å². The lowest BCUT2D eigenvalue weighted by Gasteiger charge is -2.15. The predicted molar refractivity (Wildman–Crippen MR) is 91.4 cm³/mol. The van der Waals surface area contributed by atoms with Crippen molar-refractivity contribution in [1.82, 2.24) is 4.57 Å². The van der Waals surface area contributed by atoms with Crippen LogP contribution in [0.15, 0.2) is 53.4 Å². The molecular weight excluding hydrogens is 374 g/mol. The van der Waals surface area contributed by atoms with Gasteiger partial charge in [-0.3, -0.25) is 9.13 Å². The molecule has 1 heterocycles. The zero-order chi connectivity index (χ0) is 18.0. The molecule has 2 rings (SSSR count). The van der Waals surface area contributed by atoms with Crippen LogP contribution in [0.1, 0.15) is 0 Å². The van der Waals surface area contributed by atoms with Crippen molar-refractivity contribution in [2.75, 3.05) is 0 Å². The molecule has 0 aliphatic heterocycles. The van der Waals surface area contributed by atoms with Crippen LogP contribution in [0.4, 0.5) is 0 Å². The molecule has 11 heteroatoms. The molecule has 4 N–H and O–H groups in total. The summed E-state index contributed by atoms with van der Waals surface area (Å²) < 4.78 is 24.4. The van der Waals surface area contributed by atoms with E-state index < -0.39 is 20.7 Å². The molecule has 0 amide bonds. The smallest absolute Gasteiger partial charge is 0.322 e. The Morgan fingerprint density at radius 1 is 1.17 bits per heavy atom. The van der Waals surface area contributed by atoms with Gasteiger partial charge >= 0.3 is 15.2 Å². The first-order valence-electron chi connectivity index (χ1n) is 6.63. The van der Waals surface area contributed by atoms with Crippen LogP contribution < -0.4 is 4.80 Å². The maximum absolute atomic E-state index is 11.4. The van der Waals surface area contributed by atoms with Gasteiger partial charge < -0.3 is 24.1 Å². The van der Waals surface area contributed by atoms with Gasteiger partial charge in [0, 0.05) is 11.9 Å². The highest BCUT2D eigenvalue weighted by molar-refractivity contribution is 7.70. The minimum absolute atomic E-state index is 0.0883. The Kier molecular flexibility index (Phi) is 5.78. The van der Waals surface area contributed by atoms with E-state index >= 15 is 0 Å². The monoisotopic (exact) mass is 390 g/mol. The Bertz CT molecular complexity index is 857. The summed E-state index contributed by atoms with van der Waals surface area (Å²) in [5, 5.41) is 1.70. The van der Waals surface area contributed by atoms with Gasteiger partial charge in [0.25, 0.3) is 5.52 Å². The van der Waals surface area contributed by atoms with Crippen molar-refractivity contribution < 1.29 is 28.7 Å². The van der Waals surface area contributed by atoms with Gasteiger partial charge in [0.2, 0.25) is 0 Å². The van der Waals surface area contributed by atoms with E-state index in [0.29, 0.717) is 5.69 Å². The van der Waals surface area contributed by atoms with Crippen molar-refractivity contribution in [1.29, 1.82) is 0 Å². The predicted octanol–water partition coefficient (Wildman–Crippen LogP) is 1.94. The normalized spacial score (nSPS) is 13.5. The average Bonchev–Trinajstić information content (AvgIpc) is 2.86. The Hall–Kier alpha value is -1.31. The number of benzene rings is 1. The molecule has 130 valence electrons. The molecule has 0 aliphatic carbocycles. The molecule has 2 aromatic rings. The third-order valence-electron chi connectivity index (χ3n) is 3.01. The van der Waals surface area contributed by atoms with Crippen molar-refractivity contribution in [2.24, 2.45) is 4.99 Å². The van der Waals surface area contributed by atoms with Gasteiger partial charge in [-0.05, 0) is 5.56 Å². The van der Waals surface area contributed by atoms with E-state index in [1.165, 1.54) is 0 Å². The van der Waals surface area contributed by atoms with Gasteiger partial charge in [-0.25, -0.2) is 4.99 Å². The molecule has 0 radical (unpaired) electrons. The Balaban J connectivity index is 2.66. The molecule has 0 spiro atoms. The summed E-state index contributed by atoms with van der Waals surface area (Å²) in [4.78, 5) is 40.6. The first-order valence-corrected chi connectivity index (χ1v) is 10.9. The van der Waals surface area contributed by atoms with Crippen LogP contribution in [0.2, 0.25) is 0 Å². The molecule has 0 fully saturated rings. The molecule has 24 heavy (non-hydrogen) atoms. The SMILES string of the molecule is C=CCn1c(-c2ccccc2)csc1=NC(P(=O)(O)O)P(=O)(O)O. The Morgan fingerprint density at radius 2 is 1.75 bits per heavy atom. The highest BCUT2D eigenvalue weighted by atomic mass is 32.1. The van der Waals surface area contributed by atoms with Gasteiger partial charge in [-0.15, -0.1) is 17.9 Å². The van der Waals surface area contributed by atoms with Crippen molar-refractivity contribution in [3.8, 4) is 11.3 Å². The fourth-order valence-corrected chi connectivity index (χ4v) is 5.21. The van der Waals surface area contributed by atoms with E-state index in [1.54, 1.807) is 16.0 Å². The van der Waals surface area contributed by atoms with Crippen LogP contribution in [0.25, 0.3) is 11.3 Å². The summed E-state index contributed by atoms with van der Waals surface area (Å²) in [6.45, 7) is 3.89. The minimum atomic E-state index is -5.13. The van der Waals surface area contributed by atoms with Gasteiger partial charge in [0.05, 0.1) is 5.69 Å². The number of aromatic nitrogens is 1. The molecule has 0 saturated carbocycles. The maximum atomic E-state index is 11.4. The summed E-state index contributed by atoms with van der Waals surface area (Å²) in [5.41, 5.74) is -0.890. The fourth-order valence-electron chi connectivity index (χ4n) is 2.02. The average molecular weight is 390 g/mol. The number of hydrogen-bond donors (Lipinski definition) is 4. The second-order valence-electron chi connectivity index (χ2n) is 4.82. The van der Waals surface area contributed by atoms with Crippen molar-refractivity contribution in [2.45, 2.75) is 12.1 Å². The molecule has 0 aliphatic rings. The molecule has 0 atom stereocenters. The molecule has 0 unspecified atom stereocenters. The lowest BCUT2D eigenvalue weighted by Crippen LogP contribution is -2.19. The first-order chi connectivity index (χ1) is 11.1. The Labute approximate surface area is 141 Å². The third kappa shape index (κ3) is 4.40. The van der Waals surface area contributed by atoms with E-state index in [-0.39, 0.29) is 11.3 Å². The van der Waals surface area contributed by atoms with Crippen LogP contribution >= 0.6 is 26.5 Å². The van der Waals surface area contributed by atoms with Gasteiger partial charge in [-0.1, -0.05) is 36.4 Å². The van der Waals surface area contributed by atoms with E-state index in [1.807, 2.05) is 30.3 Å². The number of thiazole rings is 1. The van der Waals surface area contributed by atoms with Crippen molar-refractivity contribution >= 4 is 26.5 Å². The quantitative estimate of drug-likeness (QED) is 0.440. The van der Waals surface area contributed by atoms with E-state index in [4.69, 9.17) is 0 Å². The van der Waals surface area contributed by atoms with Crippen LogP contribution in [0.3, 0.4) is 0 Å². The summed E-state index contributed by atoms with van der Waals surface area (Å²) >= 11 is 1.03. The first kappa shape index (κ1) is 19.0. The standard InChI is InChI=1S/C13H16N2O6P2S/c1-2-8-15-11(10-6-4-3-5-7-10)9-24-12(15)14-13(22(16,17)18)23(19,20)21/h2-7,9,13H,1,8H2,(H2,16,17,18)(H2,19,20,21). The summed E-state index contributed by atoms with van der Waals surface area (Å²) in [6, 6.07) is 9.19. The van der Waals surface area contributed by atoms with Crippen LogP contribution in [0.5, 0.6) is 0 Å². The molecule has 8 nitrogen and oxygen atoms in total. The molecule has 0 saturated heterocycles. The number of allylic oxidation sites excluding steroid dienone is 1. The van der Waals surface area contributed by atoms with Crippen molar-refractivity contribution in [3.63, 3.8) is 0 Å². The highest BCUT2D eigenvalue weighted by Gasteiger charge is 2.43. The van der Waals surface area contributed by atoms with Crippen LogP contribution in [0, 0.1) is 0 Å². The lowest BCUT2D eigenvalue weighted by molar-refractivity contribution is 0.339. The van der Waals surface area contributed by atoms with Crippen LogP contribution in [-0.4, -0.2) is 29.7 Å². The molecule has 1 aromatic carbocycles. The minimum Gasteiger partial charge on any atom is -0.322 e. The van der Waals surface area contributed by atoms with Crippen LogP contribution in [-0.2, 0) is 15.7 Å². The summed E-state index contributed by atoms with van der Waals surface area (Å²) in [7, 11) is -10.3. The zero-order valence-electron chi connectivity index (χ0n) is 12.3. The second-order valence-corrected chi connectivity index (χ2v) is 9.40. The van der Waals surface area contributed by atoms with E-state index in [2.05, 4.69) is 11.6 Å². The van der Waals surface area contributed by atoms with E-state index in [0.717, 1.165) is 16.9 Å². The largest absolute Gasteiger partial charge is 0.362 e. The number of hydrogen-bond acceptors (Lipinski definition) is 4. The van der Waals surface area contributed by atoms with E-state index in [9.17, 15) is 28.7 Å².